The highest BCUT2D eigenvalue weighted by Crippen LogP contribution is 2.19. The van der Waals surface area contributed by atoms with Crippen LogP contribution < -0.4 is 10.6 Å². The Morgan fingerprint density at radius 2 is 2.05 bits per heavy atom. The van der Waals surface area contributed by atoms with Crippen molar-refractivity contribution in [1.82, 2.24) is 15.3 Å². The summed E-state index contributed by atoms with van der Waals surface area (Å²) in [6.45, 7) is 0. The van der Waals surface area contributed by atoms with Gasteiger partial charge < -0.3 is 10.4 Å². The molecule has 1 saturated carbocycles. The summed E-state index contributed by atoms with van der Waals surface area (Å²) in [5.41, 5.74) is 1.22. The van der Waals surface area contributed by atoms with Gasteiger partial charge in [0.25, 0.3) is 0 Å². The van der Waals surface area contributed by atoms with Crippen LogP contribution in [0.5, 0.6) is 5.75 Å². The van der Waals surface area contributed by atoms with Crippen LogP contribution in [0.25, 0.3) is 11.0 Å². The zero-order valence-corrected chi connectivity index (χ0v) is 11.0. The van der Waals surface area contributed by atoms with E-state index in [1.165, 1.54) is 25.1 Å². The molecule has 3 N–H and O–H groups in total. The average Bonchev–Trinajstić information content (AvgIpc) is 2.91. The maximum Gasteiger partial charge on any atom is 0.320 e. The van der Waals surface area contributed by atoms with Gasteiger partial charge in [-0.25, -0.2) is 9.78 Å². The van der Waals surface area contributed by atoms with Gasteiger partial charge in [0.15, 0.2) is 0 Å². The smallest absolute Gasteiger partial charge is 0.320 e. The van der Waals surface area contributed by atoms with Crippen LogP contribution >= 0.6 is 0 Å². The number of hydrogen-bond donors (Lipinski definition) is 3. The van der Waals surface area contributed by atoms with E-state index in [2.05, 4.69) is 20.6 Å². The van der Waals surface area contributed by atoms with Crippen LogP contribution in [0, 0.1) is 0 Å². The Labute approximate surface area is 116 Å². The lowest BCUT2D eigenvalue weighted by Crippen LogP contribution is -2.36. The molecule has 0 radical (unpaired) electrons. The van der Waals surface area contributed by atoms with Crippen molar-refractivity contribution >= 4 is 22.9 Å². The van der Waals surface area contributed by atoms with E-state index in [4.69, 9.17) is 0 Å². The van der Waals surface area contributed by atoms with Crippen molar-refractivity contribution in [3.8, 4) is 5.75 Å². The maximum absolute atomic E-state index is 11.8. The summed E-state index contributed by atoms with van der Waals surface area (Å²) in [6.07, 6.45) is 5.78. The van der Waals surface area contributed by atoms with Crippen LogP contribution in [0.3, 0.4) is 0 Å². The third-order valence-electron chi connectivity index (χ3n) is 3.45. The number of urea groups is 1. The van der Waals surface area contributed by atoms with Crippen LogP contribution in [-0.2, 0) is 0 Å². The van der Waals surface area contributed by atoms with Gasteiger partial charge in [-0.1, -0.05) is 12.8 Å². The van der Waals surface area contributed by atoms with Gasteiger partial charge in [0.1, 0.15) is 11.6 Å². The van der Waals surface area contributed by atoms with Gasteiger partial charge in [-0.3, -0.25) is 10.3 Å². The van der Waals surface area contributed by atoms with Crippen LogP contribution in [0.1, 0.15) is 25.7 Å². The number of carbonyl (C=O) groups is 1. The number of hydrogen-bond acceptors (Lipinski definition) is 4. The first-order chi connectivity index (χ1) is 9.70. The number of anilines is 1. The summed E-state index contributed by atoms with van der Waals surface area (Å²) in [5, 5.41) is 15.0. The van der Waals surface area contributed by atoms with Crippen molar-refractivity contribution in [2.45, 2.75) is 31.7 Å². The van der Waals surface area contributed by atoms with Gasteiger partial charge in [0, 0.05) is 12.1 Å². The first-order valence-corrected chi connectivity index (χ1v) is 6.74. The largest absolute Gasteiger partial charge is 0.506 e. The van der Waals surface area contributed by atoms with Gasteiger partial charge >= 0.3 is 6.03 Å². The molecule has 2 amide bonds. The zero-order chi connectivity index (χ0) is 13.9. The molecule has 2 heterocycles. The lowest BCUT2D eigenvalue weighted by molar-refractivity contribution is 0.248. The summed E-state index contributed by atoms with van der Waals surface area (Å²) in [6, 6.07) is 4.99. The van der Waals surface area contributed by atoms with Gasteiger partial charge in [-0.2, -0.15) is 0 Å². The molecule has 3 rings (SSSR count). The molecule has 1 fully saturated rings. The Morgan fingerprint density at radius 3 is 2.85 bits per heavy atom. The summed E-state index contributed by atoms with van der Waals surface area (Å²) in [4.78, 5) is 20.1. The highest BCUT2D eigenvalue weighted by Gasteiger charge is 2.17. The third-order valence-corrected chi connectivity index (χ3v) is 3.45. The average molecular weight is 272 g/mol. The SMILES string of the molecule is O=C(Nc1ccc2ncc(O)cc2n1)NC1CCCC1. The van der Waals surface area contributed by atoms with E-state index in [9.17, 15) is 9.90 Å². The van der Waals surface area contributed by atoms with Crippen LogP contribution in [0.4, 0.5) is 10.6 Å². The molecule has 2 aromatic rings. The van der Waals surface area contributed by atoms with Crippen molar-refractivity contribution in [3.63, 3.8) is 0 Å². The molecule has 0 aliphatic heterocycles. The first kappa shape index (κ1) is 12.7. The molecule has 1 aliphatic rings. The van der Waals surface area contributed by atoms with Crippen molar-refractivity contribution in [1.29, 1.82) is 0 Å². The van der Waals surface area contributed by atoms with Gasteiger partial charge in [-0.05, 0) is 25.0 Å². The minimum atomic E-state index is -0.239. The molecule has 0 unspecified atom stereocenters. The quantitative estimate of drug-likeness (QED) is 0.783. The summed E-state index contributed by atoms with van der Waals surface area (Å²) >= 11 is 0. The monoisotopic (exact) mass is 272 g/mol. The Bertz CT molecular complexity index is 638. The Balaban J connectivity index is 1.71. The van der Waals surface area contributed by atoms with Crippen molar-refractivity contribution < 1.29 is 9.90 Å². The third kappa shape index (κ3) is 2.79. The molecule has 0 atom stereocenters. The molecule has 104 valence electrons. The molecule has 0 saturated heterocycles. The second kappa shape index (κ2) is 5.32. The van der Waals surface area contributed by atoms with Crippen molar-refractivity contribution in [2.75, 3.05) is 5.32 Å². The number of rotatable bonds is 2. The Kier molecular flexibility index (Phi) is 3.37. The van der Waals surface area contributed by atoms with Gasteiger partial charge in [0.05, 0.1) is 17.2 Å². The summed E-state index contributed by atoms with van der Waals surface area (Å²) < 4.78 is 0. The molecule has 2 aromatic heterocycles. The molecule has 6 nitrogen and oxygen atoms in total. The Morgan fingerprint density at radius 1 is 1.25 bits per heavy atom. The Hall–Kier alpha value is -2.37. The lowest BCUT2D eigenvalue weighted by Gasteiger charge is -2.12. The first-order valence-electron chi connectivity index (χ1n) is 6.74. The molecule has 20 heavy (non-hydrogen) atoms. The van der Waals surface area contributed by atoms with E-state index in [-0.39, 0.29) is 17.8 Å². The summed E-state index contributed by atoms with van der Waals surface area (Å²) in [5.74, 6) is 0.498. The highest BCUT2D eigenvalue weighted by molar-refractivity contribution is 5.90. The van der Waals surface area contributed by atoms with Crippen LogP contribution in [0.2, 0.25) is 0 Å². The molecule has 0 spiro atoms. The number of carbonyl (C=O) groups excluding carboxylic acids is 1. The number of nitrogens with one attached hydrogen (secondary N) is 2. The van der Waals surface area contributed by atoms with Crippen LogP contribution in [-0.4, -0.2) is 27.1 Å². The fourth-order valence-corrected chi connectivity index (χ4v) is 2.47. The van der Waals surface area contributed by atoms with Crippen molar-refractivity contribution in [3.05, 3.63) is 24.4 Å². The molecular weight excluding hydrogens is 256 g/mol. The van der Waals surface area contributed by atoms with E-state index < -0.39 is 0 Å². The minimum Gasteiger partial charge on any atom is -0.506 e. The summed E-state index contributed by atoms with van der Waals surface area (Å²) in [7, 11) is 0. The molecule has 6 heteroatoms. The highest BCUT2D eigenvalue weighted by atomic mass is 16.3. The number of aromatic hydroxyl groups is 1. The number of nitrogens with zero attached hydrogens (tertiary/aromatic N) is 2. The predicted octanol–water partition coefficient (Wildman–Crippen LogP) is 2.40. The van der Waals surface area contributed by atoms with Gasteiger partial charge in [-0.15, -0.1) is 0 Å². The number of fused-ring (bicyclic) bond motifs is 1. The predicted molar refractivity (Wildman–Crippen MR) is 75.6 cm³/mol. The molecule has 0 bridgehead atoms. The van der Waals surface area contributed by atoms with E-state index in [0.717, 1.165) is 12.8 Å². The van der Waals surface area contributed by atoms with E-state index in [0.29, 0.717) is 16.9 Å². The number of aromatic nitrogens is 2. The van der Waals surface area contributed by atoms with E-state index in [1.54, 1.807) is 12.1 Å². The van der Waals surface area contributed by atoms with Gasteiger partial charge in [0.2, 0.25) is 0 Å². The fraction of sp³-hybridized carbons (Fsp3) is 0.357. The second-order valence-corrected chi connectivity index (χ2v) is 5.01. The number of pyridine rings is 2. The topological polar surface area (TPSA) is 87.1 Å². The number of amides is 2. The van der Waals surface area contributed by atoms with E-state index >= 15 is 0 Å². The lowest BCUT2D eigenvalue weighted by atomic mass is 10.2. The fourth-order valence-electron chi connectivity index (χ4n) is 2.47. The van der Waals surface area contributed by atoms with Crippen LogP contribution in [0.15, 0.2) is 24.4 Å². The normalized spacial score (nSPS) is 15.4. The molecule has 1 aliphatic carbocycles. The zero-order valence-electron chi connectivity index (χ0n) is 11.0. The standard InChI is InChI=1S/C14H16N4O2/c19-10-7-12-11(15-8-10)5-6-13(17-12)18-14(20)16-9-3-1-2-4-9/h5-9,19H,1-4H2,(H2,16,17,18,20). The molecule has 0 aromatic carbocycles. The second-order valence-electron chi connectivity index (χ2n) is 5.01. The minimum absolute atomic E-state index is 0.0533. The van der Waals surface area contributed by atoms with Crippen molar-refractivity contribution in [2.24, 2.45) is 0 Å². The van der Waals surface area contributed by atoms with E-state index in [1.807, 2.05) is 0 Å². The molecular formula is C14H16N4O2. The maximum atomic E-state index is 11.8.